The molecule has 2 aliphatic carbocycles. The number of hydrogen-bond donors (Lipinski definition) is 0. The van der Waals surface area contributed by atoms with Crippen LogP contribution >= 0.6 is 7.05 Å². The maximum atomic E-state index is 14.5. The predicted octanol–water partition coefficient (Wildman–Crippen LogP) is 8.17. The normalized spacial score (nSPS) is 26.1. The van der Waals surface area contributed by atoms with E-state index in [-0.39, 0.29) is 22.3 Å². The Labute approximate surface area is 243 Å². The molecule has 2 bridgehead atoms. The number of benzene rings is 3. The van der Waals surface area contributed by atoms with E-state index in [9.17, 15) is 8.42 Å². The highest BCUT2D eigenvalue weighted by atomic mass is 32.2. The van der Waals surface area contributed by atoms with Crippen molar-refractivity contribution in [1.82, 2.24) is 0 Å². The summed E-state index contributed by atoms with van der Waals surface area (Å²) in [5.41, 5.74) is -0.556. The van der Waals surface area contributed by atoms with Crippen molar-refractivity contribution >= 4 is 46.8 Å². The van der Waals surface area contributed by atoms with Crippen molar-refractivity contribution in [3.05, 3.63) is 72.8 Å². The first kappa shape index (κ1) is 29.8. The van der Waals surface area contributed by atoms with Gasteiger partial charge in [0.05, 0.1) is 11.9 Å². The molecule has 0 heterocycles. The third kappa shape index (κ3) is 4.87. The molecule has 0 N–H and O–H groups in total. The van der Waals surface area contributed by atoms with Crippen molar-refractivity contribution in [2.75, 3.05) is 12.4 Å². The lowest BCUT2D eigenvalue weighted by Crippen LogP contribution is -2.52. The number of fused-ring (bicyclic) bond motifs is 3. The average Bonchev–Trinajstić information content (AvgIpc) is 3.22. The molecule has 0 radical (unpaired) electrons. The molecule has 0 saturated heterocycles. The van der Waals surface area contributed by atoms with Gasteiger partial charge in [-0.05, 0) is 71.5 Å². The van der Waals surface area contributed by atoms with Crippen molar-refractivity contribution in [2.24, 2.45) is 20.9 Å². The van der Waals surface area contributed by atoms with Crippen LogP contribution in [0.15, 0.2) is 76.9 Å². The molecule has 3 aromatic carbocycles. The fraction of sp³-hybridized carbons (Fsp3) is 0.515. The number of nitrogens with zero attached hydrogens (tertiary/aromatic N) is 1. The van der Waals surface area contributed by atoms with Crippen LogP contribution in [0.5, 0.6) is 0 Å². The van der Waals surface area contributed by atoms with Crippen LogP contribution in [0.3, 0.4) is 0 Å². The van der Waals surface area contributed by atoms with Crippen LogP contribution in [0.25, 0.3) is 10.8 Å². The zero-order chi connectivity index (χ0) is 29.2. The van der Waals surface area contributed by atoms with E-state index >= 15 is 0 Å². The van der Waals surface area contributed by atoms with Gasteiger partial charge in [-0.15, -0.1) is 0 Å². The molecule has 40 heavy (non-hydrogen) atoms. The van der Waals surface area contributed by atoms with E-state index in [0.717, 1.165) is 40.6 Å². The fourth-order valence-corrected chi connectivity index (χ4v) is 14.9. The van der Waals surface area contributed by atoms with E-state index in [1.807, 2.05) is 48.5 Å². The van der Waals surface area contributed by atoms with Gasteiger partial charge in [-0.25, -0.2) is 8.42 Å². The summed E-state index contributed by atoms with van der Waals surface area (Å²) in [5, 5.41) is 4.24. The minimum Gasteiger partial charge on any atom is -0.413 e. The van der Waals surface area contributed by atoms with Crippen molar-refractivity contribution in [3.63, 3.8) is 0 Å². The Balaban J connectivity index is 1.65. The van der Waals surface area contributed by atoms with Gasteiger partial charge in [0.1, 0.15) is 0 Å². The van der Waals surface area contributed by atoms with Gasteiger partial charge in [0, 0.05) is 17.8 Å². The van der Waals surface area contributed by atoms with E-state index < -0.39 is 30.8 Å². The molecule has 4 atom stereocenters. The van der Waals surface area contributed by atoms with E-state index in [1.54, 1.807) is 0 Å². The summed E-state index contributed by atoms with van der Waals surface area (Å²) >= 11 is 0. The quantitative estimate of drug-likeness (QED) is 0.205. The van der Waals surface area contributed by atoms with Crippen molar-refractivity contribution in [2.45, 2.75) is 78.1 Å². The Hall–Kier alpha value is -1.72. The first-order valence-corrected chi connectivity index (χ1v) is 21.3. The fourth-order valence-electron chi connectivity index (χ4n) is 7.18. The monoisotopic (exact) mass is 595 g/mol. The molecule has 3 unspecified atom stereocenters. The minimum absolute atomic E-state index is 0.0500. The number of rotatable bonds is 7. The number of sulfonamides is 1. The third-order valence-corrected chi connectivity index (χ3v) is 21.1. The lowest BCUT2D eigenvalue weighted by atomic mass is 9.70. The summed E-state index contributed by atoms with van der Waals surface area (Å²) in [6.45, 7) is 18.0. The Morgan fingerprint density at radius 2 is 1.60 bits per heavy atom. The standard InChI is InChI=1S/C33H46NO3PSSi/c1-31(2,3)40(7,8)37-30-23-26-21-22-33(30,32(26,4)5)24-39(35,36)34-38(6,27-17-10-9-11-18-27)29-20-14-16-25-15-12-13-19-28(25)29/h9-20,26,30H,21-24H2,1-8H3/t26?,30-,33?,38?/m1/s1. The molecule has 2 saturated carbocycles. The van der Waals surface area contributed by atoms with Crippen molar-refractivity contribution in [1.29, 1.82) is 0 Å². The van der Waals surface area contributed by atoms with Crippen LogP contribution in [0.4, 0.5) is 0 Å². The van der Waals surface area contributed by atoms with Crippen LogP contribution < -0.4 is 10.6 Å². The van der Waals surface area contributed by atoms with E-state index in [1.165, 1.54) is 0 Å². The SMILES string of the molecule is CC1(C)C2CCC1(CS(=O)(=O)N=P(C)(c1ccccc1)c1cccc3ccccc13)[C@H](O[Si](C)(C)C(C)(C)C)C2. The molecule has 5 rings (SSSR count). The van der Waals surface area contributed by atoms with Crippen LogP contribution in [-0.2, 0) is 14.4 Å². The van der Waals surface area contributed by atoms with E-state index in [4.69, 9.17) is 8.58 Å². The molecule has 2 fully saturated rings. The van der Waals surface area contributed by atoms with Crippen LogP contribution in [0.2, 0.25) is 18.1 Å². The highest BCUT2D eigenvalue weighted by molar-refractivity contribution is 7.97. The van der Waals surface area contributed by atoms with Gasteiger partial charge < -0.3 is 4.43 Å². The summed E-state index contributed by atoms with van der Waals surface area (Å²) in [4.78, 5) is 0. The van der Waals surface area contributed by atoms with Gasteiger partial charge in [-0.3, -0.25) is 0 Å². The van der Waals surface area contributed by atoms with Gasteiger partial charge in [0.2, 0.25) is 0 Å². The first-order chi connectivity index (χ1) is 18.5. The third-order valence-electron chi connectivity index (χ3n) is 10.8. The highest BCUT2D eigenvalue weighted by Crippen LogP contribution is 2.68. The highest BCUT2D eigenvalue weighted by Gasteiger charge is 2.66. The summed E-state index contributed by atoms with van der Waals surface area (Å²) in [7, 11) is -8.56. The summed E-state index contributed by atoms with van der Waals surface area (Å²) in [5.74, 6) is 0.529. The molecular formula is C33H46NO3PSSi. The summed E-state index contributed by atoms with van der Waals surface area (Å²) in [6, 6.07) is 24.5. The van der Waals surface area contributed by atoms with Gasteiger partial charge in [-0.1, -0.05) is 107 Å². The summed E-state index contributed by atoms with van der Waals surface area (Å²) < 4.78 is 41.0. The topological polar surface area (TPSA) is 55.7 Å². The smallest absolute Gasteiger partial charge is 0.253 e. The van der Waals surface area contributed by atoms with Gasteiger partial charge >= 0.3 is 0 Å². The maximum absolute atomic E-state index is 14.5. The largest absolute Gasteiger partial charge is 0.413 e. The first-order valence-electron chi connectivity index (χ1n) is 14.6. The Morgan fingerprint density at radius 1 is 0.975 bits per heavy atom. The van der Waals surface area contributed by atoms with E-state index in [2.05, 4.69) is 78.6 Å². The second-order valence-electron chi connectivity index (χ2n) is 14.3. The molecule has 0 aliphatic heterocycles. The minimum atomic E-state index is -3.82. The van der Waals surface area contributed by atoms with Gasteiger partial charge in [0.25, 0.3) is 10.0 Å². The second kappa shape index (κ2) is 9.93. The van der Waals surface area contributed by atoms with Crippen molar-refractivity contribution < 1.29 is 12.8 Å². The second-order valence-corrected chi connectivity index (χ2v) is 24.1. The molecule has 216 valence electrons. The predicted molar refractivity (Wildman–Crippen MR) is 174 cm³/mol. The van der Waals surface area contributed by atoms with E-state index in [0.29, 0.717) is 5.92 Å². The molecular weight excluding hydrogens is 549 g/mol. The van der Waals surface area contributed by atoms with Crippen LogP contribution in [0.1, 0.15) is 53.9 Å². The molecule has 0 aromatic heterocycles. The van der Waals surface area contributed by atoms with Crippen LogP contribution in [0, 0.1) is 16.7 Å². The van der Waals surface area contributed by atoms with Gasteiger partial charge in [-0.2, -0.15) is 4.15 Å². The Morgan fingerprint density at radius 3 is 2.25 bits per heavy atom. The summed E-state index contributed by atoms with van der Waals surface area (Å²) in [6.07, 6.45) is 2.84. The van der Waals surface area contributed by atoms with Crippen LogP contribution in [-0.4, -0.2) is 35.3 Å². The maximum Gasteiger partial charge on any atom is 0.253 e. The zero-order valence-electron chi connectivity index (χ0n) is 25.4. The molecule has 4 nitrogen and oxygen atoms in total. The average molecular weight is 596 g/mol. The molecule has 2 aliphatic rings. The molecule has 7 heteroatoms. The Bertz CT molecular complexity index is 1570. The van der Waals surface area contributed by atoms with Gasteiger partial charge in [0.15, 0.2) is 8.32 Å². The Kier molecular flexibility index (Phi) is 7.39. The molecule has 0 spiro atoms. The lowest BCUT2D eigenvalue weighted by Gasteiger charge is -2.47. The van der Waals surface area contributed by atoms with Crippen molar-refractivity contribution in [3.8, 4) is 0 Å². The molecule has 0 amide bonds. The zero-order valence-corrected chi connectivity index (χ0v) is 28.1. The molecule has 3 aromatic rings. The number of hydrogen-bond acceptors (Lipinski definition) is 3. The lowest BCUT2D eigenvalue weighted by molar-refractivity contribution is 0.0237.